The van der Waals surface area contributed by atoms with Crippen molar-refractivity contribution in [1.82, 2.24) is 19.5 Å². The summed E-state index contributed by atoms with van der Waals surface area (Å²) in [5, 5.41) is 7.93. The summed E-state index contributed by atoms with van der Waals surface area (Å²) in [4.78, 5) is 26.2. The number of fused-ring (bicyclic) bond motifs is 1. The van der Waals surface area contributed by atoms with Crippen molar-refractivity contribution >= 4 is 69.5 Å². The Hall–Kier alpha value is -2.33. The number of imidazole rings is 1. The average Bonchev–Trinajstić information content (AvgIpc) is 3.20. The number of carbonyl (C=O) groups is 1. The Balaban J connectivity index is 1.53. The number of benzene rings is 1. The van der Waals surface area contributed by atoms with Crippen LogP contribution < -0.4 is 16.4 Å². The van der Waals surface area contributed by atoms with Gasteiger partial charge in [-0.1, -0.05) is 41.7 Å². The molecule has 3 heterocycles. The molecule has 3 aromatic rings. The molecule has 0 atom stereocenters. The standard InChI is InChI=1S/C24H28Cl3N7O2/c1-24(21(28)35)6-2-15(3-7-24)34-20-18(12-29-22(33-20)30-14-4-8-36-9-5-14)31-23(34)32-19-16(26)10-13(25)11-17(19)27/h10-12,14-15H,2-9H2,1H3,(H2,28,35)(H,31,32)(H,29,30,33)/t15-,24-. The molecule has 1 aliphatic carbocycles. The second-order valence-corrected chi connectivity index (χ2v) is 11.0. The molecule has 1 saturated carbocycles. The maximum atomic E-state index is 12.0. The van der Waals surface area contributed by atoms with Crippen molar-refractivity contribution in [3.05, 3.63) is 33.4 Å². The molecule has 1 saturated heterocycles. The minimum atomic E-state index is -0.520. The van der Waals surface area contributed by atoms with Crippen LogP contribution in [0.15, 0.2) is 18.3 Å². The summed E-state index contributed by atoms with van der Waals surface area (Å²) in [6.45, 7) is 3.37. The van der Waals surface area contributed by atoms with Gasteiger partial charge in [-0.05, 0) is 50.7 Å². The summed E-state index contributed by atoms with van der Waals surface area (Å²) in [5.41, 5.74) is 7.01. The number of hydrogen-bond donors (Lipinski definition) is 3. The lowest BCUT2D eigenvalue weighted by molar-refractivity contribution is -0.128. The van der Waals surface area contributed by atoms with E-state index in [1.165, 1.54) is 0 Å². The van der Waals surface area contributed by atoms with Gasteiger partial charge in [-0.15, -0.1) is 0 Å². The maximum absolute atomic E-state index is 12.0. The smallest absolute Gasteiger partial charge is 0.224 e. The van der Waals surface area contributed by atoms with E-state index in [1.54, 1.807) is 18.3 Å². The van der Waals surface area contributed by atoms with Crippen LogP contribution in [-0.4, -0.2) is 44.7 Å². The topological polar surface area (TPSA) is 120 Å². The molecule has 12 heteroatoms. The molecule has 0 unspecified atom stereocenters. The quantitative estimate of drug-likeness (QED) is 0.357. The molecule has 1 amide bonds. The molecule has 192 valence electrons. The van der Waals surface area contributed by atoms with E-state index >= 15 is 0 Å². The highest BCUT2D eigenvalue weighted by molar-refractivity contribution is 6.41. The van der Waals surface area contributed by atoms with E-state index < -0.39 is 5.41 Å². The second kappa shape index (κ2) is 10.2. The van der Waals surface area contributed by atoms with Crippen molar-refractivity contribution in [2.45, 2.75) is 57.5 Å². The van der Waals surface area contributed by atoms with Crippen LogP contribution in [0.3, 0.4) is 0 Å². The molecule has 1 aliphatic heterocycles. The number of ether oxygens (including phenoxy) is 1. The van der Waals surface area contributed by atoms with Crippen molar-refractivity contribution in [3.8, 4) is 0 Å². The van der Waals surface area contributed by atoms with Crippen molar-refractivity contribution in [1.29, 1.82) is 0 Å². The molecule has 36 heavy (non-hydrogen) atoms. The zero-order chi connectivity index (χ0) is 25.4. The van der Waals surface area contributed by atoms with E-state index in [9.17, 15) is 4.79 Å². The van der Waals surface area contributed by atoms with Crippen LogP contribution in [-0.2, 0) is 9.53 Å². The number of hydrogen-bond acceptors (Lipinski definition) is 7. The average molecular weight is 553 g/mol. The SMILES string of the molecule is C[C@]1(C(N)=O)CC[C@H](n2c(Nc3c(Cl)cc(Cl)cc3Cl)nc3cnc(NC4CCOCC4)nc32)CC1. The maximum Gasteiger partial charge on any atom is 0.224 e. The van der Waals surface area contributed by atoms with E-state index in [0.717, 1.165) is 38.9 Å². The predicted molar refractivity (Wildman–Crippen MR) is 142 cm³/mol. The van der Waals surface area contributed by atoms with E-state index in [-0.39, 0.29) is 18.0 Å². The highest BCUT2D eigenvalue weighted by atomic mass is 35.5. The Bertz CT molecular complexity index is 1260. The van der Waals surface area contributed by atoms with Crippen LogP contribution in [0.25, 0.3) is 11.2 Å². The number of carbonyl (C=O) groups excluding carboxylic acids is 1. The van der Waals surface area contributed by atoms with Crippen LogP contribution in [0.1, 0.15) is 51.5 Å². The predicted octanol–water partition coefficient (Wildman–Crippen LogP) is 5.73. The fourth-order valence-corrected chi connectivity index (χ4v) is 5.85. The molecule has 2 aromatic heterocycles. The molecule has 0 radical (unpaired) electrons. The lowest BCUT2D eigenvalue weighted by Gasteiger charge is -2.35. The van der Waals surface area contributed by atoms with E-state index in [4.69, 9.17) is 55.2 Å². The zero-order valence-corrected chi connectivity index (χ0v) is 22.1. The van der Waals surface area contributed by atoms with Gasteiger partial charge >= 0.3 is 0 Å². The fraction of sp³-hybridized carbons (Fsp3) is 0.500. The van der Waals surface area contributed by atoms with Gasteiger partial charge in [0.15, 0.2) is 5.65 Å². The summed E-state index contributed by atoms with van der Waals surface area (Å²) in [7, 11) is 0. The van der Waals surface area contributed by atoms with Gasteiger partial charge in [0.25, 0.3) is 0 Å². The number of rotatable bonds is 6. The summed E-state index contributed by atoms with van der Waals surface area (Å²) in [6, 6.07) is 3.54. The molecular formula is C24H28Cl3N7O2. The molecule has 2 aliphatic rings. The molecule has 5 rings (SSSR count). The first-order valence-electron chi connectivity index (χ1n) is 12.0. The van der Waals surface area contributed by atoms with Crippen molar-refractivity contribution in [2.24, 2.45) is 11.1 Å². The summed E-state index contributed by atoms with van der Waals surface area (Å²) >= 11 is 19.0. The third kappa shape index (κ3) is 5.07. The first-order chi connectivity index (χ1) is 17.2. The molecule has 0 spiro atoms. The number of primary amides is 1. The Morgan fingerprint density at radius 2 is 1.78 bits per heavy atom. The number of aromatic nitrogens is 4. The fourth-order valence-electron chi connectivity index (χ4n) is 4.94. The van der Waals surface area contributed by atoms with Gasteiger partial charge in [0.1, 0.15) is 5.52 Å². The molecular weight excluding hydrogens is 525 g/mol. The molecule has 2 fully saturated rings. The largest absolute Gasteiger partial charge is 0.381 e. The molecule has 1 aromatic carbocycles. The van der Waals surface area contributed by atoms with Crippen LogP contribution in [0.4, 0.5) is 17.6 Å². The highest BCUT2D eigenvalue weighted by Gasteiger charge is 2.37. The molecule has 9 nitrogen and oxygen atoms in total. The lowest BCUT2D eigenvalue weighted by Crippen LogP contribution is -2.38. The molecule has 0 bridgehead atoms. The highest BCUT2D eigenvalue weighted by Crippen LogP contribution is 2.43. The van der Waals surface area contributed by atoms with Crippen LogP contribution in [0.5, 0.6) is 0 Å². The van der Waals surface area contributed by atoms with E-state index in [1.807, 2.05) is 6.92 Å². The Morgan fingerprint density at radius 3 is 2.42 bits per heavy atom. The Morgan fingerprint density at radius 1 is 1.11 bits per heavy atom. The van der Waals surface area contributed by atoms with Gasteiger partial charge in [-0.25, -0.2) is 9.97 Å². The minimum Gasteiger partial charge on any atom is -0.381 e. The van der Waals surface area contributed by atoms with Gasteiger partial charge in [0.05, 0.1) is 21.9 Å². The summed E-state index contributed by atoms with van der Waals surface area (Å²) in [6.07, 6.45) is 6.35. The van der Waals surface area contributed by atoms with Crippen molar-refractivity contribution in [3.63, 3.8) is 0 Å². The van der Waals surface area contributed by atoms with Crippen molar-refractivity contribution < 1.29 is 9.53 Å². The van der Waals surface area contributed by atoms with Crippen molar-refractivity contribution in [2.75, 3.05) is 23.8 Å². The first kappa shape index (κ1) is 25.3. The summed E-state index contributed by atoms with van der Waals surface area (Å²) < 4.78 is 7.52. The van der Waals surface area contributed by atoms with Gasteiger partial charge in [0.2, 0.25) is 17.8 Å². The third-order valence-electron chi connectivity index (χ3n) is 7.25. The van der Waals surface area contributed by atoms with Gasteiger partial charge in [0, 0.05) is 35.7 Å². The van der Waals surface area contributed by atoms with Crippen LogP contribution in [0, 0.1) is 5.41 Å². The second-order valence-electron chi connectivity index (χ2n) is 9.76. The van der Waals surface area contributed by atoms with Gasteiger partial charge in [-0.3, -0.25) is 9.36 Å². The number of anilines is 3. The normalized spacial score (nSPS) is 23.1. The van der Waals surface area contributed by atoms with E-state index in [2.05, 4.69) is 20.2 Å². The number of nitrogens with zero attached hydrogens (tertiary/aromatic N) is 4. The summed E-state index contributed by atoms with van der Waals surface area (Å²) in [5.74, 6) is 0.823. The van der Waals surface area contributed by atoms with Gasteiger partial charge < -0.3 is 21.1 Å². The molecule has 4 N–H and O–H groups in total. The zero-order valence-electron chi connectivity index (χ0n) is 19.9. The third-order valence-corrected chi connectivity index (χ3v) is 8.06. The van der Waals surface area contributed by atoms with Gasteiger partial charge in [-0.2, -0.15) is 4.98 Å². The van der Waals surface area contributed by atoms with E-state index in [0.29, 0.717) is 56.7 Å². The Kier molecular flexibility index (Phi) is 7.18. The number of nitrogens with one attached hydrogen (secondary N) is 2. The number of amides is 1. The van der Waals surface area contributed by atoms with Crippen LogP contribution in [0.2, 0.25) is 15.1 Å². The van der Waals surface area contributed by atoms with Crippen LogP contribution >= 0.6 is 34.8 Å². The number of nitrogens with two attached hydrogens (primary N) is 1. The Labute approximate surface area is 224 Å². The minimum absolute atomic E-state index is 0.0422. The first-order valence-corrected chi connectivity index (χ1v) is 13.2. The monoisotopic (exact) mass is 551 g/mol. The number of halogens is 3. The lowest BCUT2D eigenvalue weighted by atomic mass is 9.73.